The summed E-state index contributed by atoms with van der Waals surface area (Å²) >= 11 is 0. The van der Waals surface area contributed by atoms with Crippen molar-refractivity contribution in [2.75, 3.05) is 0 Å². The molecule has 1 aliphatic rings. The molecular weight excluding hydrogens is 394 g/mol. The Balaban J connectivity index is 1.57. The number of hydrogen-bond acceptors (Lipinski definition) is 6. The smallest absolute Gasteiger partial charge is 0.270 e. The molecule has 2 amide bonds. The fraction of sp³-hybridized carbons (Fsp3) is 0.348. The lowest BCUT2D eigenvalue weighted by molar-refractivity contribution is -0.125. The molecular formula is C23H25N5O3. The molecule has 2 N–H and O–H groups in total. The predicted molar refractivity (Wildman–Crippen MR) is 114 cm³/mol. The molecule has 3 atom stereocenters. The van der Waals surface area contributed by atoms with Crippen LogP contribution >= 0.6 is 0 Å². The molecule has 0 unspecified atom stereocenters. The molecule has 2 aromatic heterocycles. The van der Waals surface area contributed by atoms with Gasteiger partial charge in [0.2, 0.25) is 17.6 Å². The summed E-state index contributed by atoms with van der Waals surface area (Å²) < 4.78 is 5.57. The van der Waals surface area contributed by atoms with E-state index in [1.807, 2.05) is 44.2 Å². The van der Waals surface area contributed by atoms with E-state index >= 15 is 0 Å². The Kier molecular flexibility index (Phi) is 6.06. The Labute approximate surface area is 180 Å². The van der Waals surface area contributed by atoms with E-state index in [0.717, 1.165) is 5.56 Å². The Morgan fingerprint density at radius 3 is 2.55 bits per heavy atom. The Morgan fingerprint density at radius 1 is 1.06 bits per heavy atom. The van der Waals surface area contributed by atoms with Gasteiger partial charge in [0.1, 0.15) is 5.69 Å². The van der Waals surface area contributed by atoms with Crippen LogP contribution < -0.4 is 10.6 Å². The number of aromatic nitrogens is 3. The third kappa shape index (κ3) is 4.79. The van der Waals surface area contributed by atoms with E-state index in [1.165, 1.54) is 0 Å². The van der Waals surface area contributed by atoms with Crippen LogP contribution in [0.1, 0.15) is 49.0 Å². The van der Waals surface area contributed by atoms with Crippen molar-refractivity contribution in [1.82, 2.24) is 25.8 Å². The first-order valence-corrected chi connectivity index (χ1v) is 10.4. The van der Waals surface area contributed by atoms with Crippen LogP contribution in [0.15, 0.2) is 59.3 Å². The van der Waals surface area contributed by atoms with Crippen LogP contribution in [0.5, 0.6) is 0 Å². The Bertz CT molecular complexity index is 1040. The van der Waals surface area contributed by atoms with Gasteiger partial charge < -0.3 is 15.2 Å². The molecule has 0 bridgehead atoms. The molecule has 0 aliphatic heterocycles. The van der Waals surface area contributed by atoms with Gasteiger partial charge in [-0.25, -0.2) is 0 Å². The lowest BCUT2D eigenvalue weighted by Gasteiger charge is -2.17. The number of hydrogen-bond donors (Lipinski definition) is 2. The molecule has 4 rings (SSSR count). The van der Waals surface area contributed by atoms with E-state index < -0.39 is 0 Å². The highest BCUT2D eigenvalue weighted by atomic mass is 16.5. The normalized spacial score (nSPS) is 20.5. The third-order valence-electron chi connectivity index (χ3n) is 5.37. The minimum atomic E-state index is -0.318. The van der Waals surface area contributed by atoms with Gasteiger partial charge in [0, 0.05) is 29.8 Å². The average Bonchev–Trinajstić information content (AvgIpc) is 3.42. The SMILES string of the molecule is CC(C)NC(=O)[C@H]1C[C@H](NC(=O)c2ccccn2)[C@H](c2nc(-c3ccccc3)no2)C1. The summed E-state index contributed by atoms with van der Waals surface area (Å²) in [5, 5.41) is 10.1. The van der Waals surface area contributed by atoms with Crippen molar-refractivity contribution in [2.24, 2.45) is 5.92 Å². The number of nitrogens with zero attached hydrogens (tertiary/aromatic N) is 3. The van der Waals surface area contributed by atoms with Crippen molar-refractivity contribution in [1.29, 1.82) is 0 Å². The molecule has 0 spiro atoms. The molecule has 2 heterocycles. The van der Waals surface area contributed by atoms with E-state index in [4.69, 9.17) is 4.52 Å². The maximum atomic E-state index is 12.7. The second kappa shape index (κ2) is 9.07. The highest BCUT2D eigenvalue weighted by Crippen LogP contribution is 2.39. The zero-order valence-electron chi connectivity index (χ0n) is 17.5. The van der Waals surface area contributed by atoms with E-state index in [1.54, 1.807) is 24.4 Å². The second-order valence-corrected chi connectivity index (χ2v) is 8.06. The lowest BCUT2D eigenvalue weighted by Crippen LogP contribution is -2.38. The molecule has 8 nitrogen and oxygen atoms in total. The van der Waals surface area contributed by atoms with Crippen LogP contribution in [0.25, 0.3) is 11.4 Å². The first-order valence-electron chi connectivity index (χ1n) is 10.4. The maximum absolute atomic E-state index is 12.7. The lowest BCUT2D eigenvalue weighted by atomic mass is 10.0. The van der Waals surface area contributed by atoms with Gasteiger partial charge in [-0.05, 0) is 38.8 Å². The molecule has 0 radical (unpaired) electrons. The number of rotatable bonds is 6. The highest BCUT2D eigenvalue weighted by molar-refractivity contribution is 5.92. The summed E-state index contributed by atoms with van der Waals surface area (Å²) in [6, 6.07) is 14.4. The summed E-state index contributed by atoms with van der Waals surface area (Å²) in [6.45, 7) is 3.85. The van der Waals surface area contributed by atoms with Crippen LogP contribution in [0.2, 0.25) is 0 Å². The molecule has 0 saturated heterocycles. The maximum Gasteiger partial charge on any atom is 0.270 e. The van der Waals surface area contributed by atoms with Crippen molar-refractivity contribution in [3.8, 4) is 11.4 Å². The van der Waals surface area contributed by atoms with Gasteiger partial charge in [0.15, 0.2) is 0 Å². The van der Waals surface area contributed by atoms with Gasteiger partial charge >= 0.3 is 0 Å². The van der Waals surface area contributed by atoms with Crippen molar-refractivity contribution in [3.63, 3.8) is 0 Å². The van der Waals surface area contributed by atoms with Crippen LogP contribution in [-0.4, -0.2) is 39.0 Å². The standard InChI is InChI=1S/C23H25N5O3/c1-14(2)25-21(29)16-12-17(19(13-16)26-22(30)18-10-6-7-11-24-18)23-27-20(28-31-23)15-8-4-3-5-9-15/h3-11,14,16-17,19H,12-13H2,1-2H3,(H,25,29)(H,26,30)/t16-,17-,19+/m1/s1. The van der Waals surface area contributed by atoms with Crippen molar-refractivity contribution in [2.45, 2.75) is 44.7 Å². The van der Waals surface area contributed by atoms with E-state index in [0.29, 0.717) is 30.3 Å². The van der Waals surface area contributed by atoms with Crippen LogP contribution in [0.4, 0.5) is 0 Å². The van der Waals surface area contributed by atoms with Gasteiger partial charge in [-0.2, -0.15) is 4.98 Å². The fourth-order valence-corrected chi connectivity index (χ4v) is 3.92. The Hall–Kier alpha value is -3.55. The highest BCUT2D eigenvalue weighted by Gasteiger charge is 2.42. The zero-order valence-corrected chi connectivity index (χ0v) is 17.5. The number of nitrogens with one attached hydrogen (secondary N) is 2. The molecule has 1 aliphatic carbocycles. The van der Waals surface area contributed by atoms with Crippen LogP contribution in [0.3, 0.4) is 0 Å². The third-order valence-corrected chi connectivity index (χ3v) is 5.37. The average molecular weight is 419 g/mol. The molecule has 1 aromatic carbocycles. The number of pyridine rings is 1. The summed E-state index contributed by atoms with van der Waals surface area (Å²) in [5.41, 5.74) is 1.17. The van der Waals surface area contributed by atoms with Gasteiger partial charge in [-0.3, -0.25) is 14.6 Å². The number of amides is 2. The Morgan fingerprint density at radius 2 is 1.84 bits per heavy atom. The molecule has 8 heteroatoms. The van der Waals surface area contributed by atoms with Gasteiger partial charge in [-0.15, -0.1) is 0 Å². The van der Waals surface area contributed by atoms with E-state index in [9.17, 15) is 9.59 Å². The van der Waals surface area contributed by atoms with Crippen LogP contribution in [0, 0.1) is 5.92 Å². The number of carbonyl (C=O) groups excluding carboxylic acids is 2. The zero-order chi connectivity index (χ0) is 21.8. The summed E-state index contributed by atoms with van der Waals surface area (Å²) in [6.07, 6.45) is 2.58. The monoisotopic (exact) mass is 419 g/mol. The number of benzene rings is 1. The first kappa shape index (κ1) is 20.7. The minimum Gasteiger partial charge on any atom is -0.354 e. The van der Waals surface area contributed by atoms with Gasteiger partial charge in [-0.1, -0.05) is 41.6 Å². The van der Waals surface area contributed by atoms with Gasteiger partial charge in [0.05, 0.1) is 5.92 Å². The minimum absolute atomic E-state index is 0.0302. The van der Waals surface area contributed by atoms with Crippen molar-refractivity contribution >= 4 is 11.8 Å². The summed E-state index contributed by atoms with van der Waals surface area (Å²) in [5.74, 6) is 0.0697. The van der Waals surface area contributed by atoms with E-state index in [2.05, 4.69) is 25.8 Å². The van der Waals surface area contributed by atoms with Crippen LogP contribution in [-0.2, 0) is 4.79 Å². The van der Waals surface area contributed by atoms with Crippen molar-refractivity contribution in [3.05, 3.63) is 66.3 Å². The summed E-state index contributed by atoms with van der Waals surface area (Å²) in [7, 11) is 0. The second-order valence-electron chi connectivity index (χ2n) is 8.06. The quantitative estimate of drug-likeness (QED) is 0.636. The molecule has 1 saturated carbocycles. The van der Waals surface area contributed by atoms with Crippen molar-refractivity contribution < 1.29 is 14.1 Å². The largest absolute Gasteiger partial charge is 0.354 e. The predicted octanol–water partition coefficient (Wildman–Crippen LogP) is 2.95. The molecule has 160 valence electrons. The molecule has 1 fully saturated rings. The number of carbonyl (C=O) groups is 2. The molecule has 3 aromatic rings. The van der Waals surface area contributed by atoms with E-state index in [-0.39, 0.29) is 35.7 Å². The summed E-state index contributed by atoms with van der Waals surface area (Å²) in [4.78, 5) is 34.1. The first-order chi connectivity index (χ1) is 15.0. The fourth-order valence-electron chi connectivity index (χ4n) is 3.92. The topological polar surface area (TPSA) is 110 Å². The molecule has 31 heavy (non-hydrogen) atoms. The van der Waals surface area contributed by atoms with Gasteiger partial charge in [0.25, 0.3) is 5.91 Å².